The fraction of sp³-hybridized carbons (Fsp3) is 0.647. The number of guanidine groups is 1. The van der Waals surface area contributed by atoms with Gasteiger partial charge in [0.25, 0.3) is 5.91 Å². The average Bonchev–Trinajstić information content (AvgIpc) is 3.20. The van der Waals surface area contributed by atoms with Gasteiger partial charge >= 0.3 is 6.03 Å². The van der Waals surface area contributed by atoms with Crippen LogP contribution in [0, 0.1) is 5.92 Å². The van der Waals surface area contributed by atoms with Crippen LogP contribution in [0.2, 0.25) is 0 Å². The summed E-state index contributed by atoms with van der Waals surface area (Å²) < 4.78 is 0. The quantitative estimate of drug-likeness (QED) is 0.414. The molecule has 0 saturated carbocycles. The minimum absolute atomic E-state index is 0.119. The first kappa shape index (κ1) is 18.6. The first-order valence-electron chi connectivity index (χ1n) is 8.98. The Morgan fingerprint density at radius 2 is 2.19 bits per heavy atom. The fourth-order valence-electron chi connectivity index (χ4n) is 3.61. The fourth-order valence-corrected chi connectivity index (χ4v) is 4.35. The van der Waals surface area contributed by atoms with Crippen molar-refractivity contribution >= 4 is 29.2 Å². The minimum atomic E-state index is -0.808. The summed E-state index contributed by atoms with van der Waals surface area (Å²) >= 11 is 1.68. The summed E-state index contributed by atoms with van der Waals surface area (Å²) in [5.74, 6) is 0.743. The lowest BCUT2D eigenvalue weighted by Gasteiger charge is -2.39. The van der Waals surface area contributed by atoms with Gasteiger partial charge in [-0.15, -0.1) is 11.3 Å². The molecule has 142 valence electrons. The van der Waals surface area contributed by atoms with Crippen LogP contribution in [0.5, 0.6) is 0 Å². The number of amides is 3. The van der Waals surface area contributed by atoms with E-state index in [0.717, 1.165) is 49.0 Å². The molecule has 1 aromatic heterocycles. The maximum Gasteiger partial charge on any atom is 0.322 e. The highest BCUT2D eigenvalue weighted by molar-refractivity contribution is 7.09. The van der Waals surface area contributed by atoms with E-state index in [2.05, 4.69) is 43.1 Å². The van der Waals surface area contributed by atoms with Crippen molar-refractivity contribution in [1.82, 2.24) is 25.8 Å². The van der Waals surface area contributed by atoms with Gasteiger partial charge in [-0.25, -0.2) is 9.78 Å². The molecule has 0 aliphatic carbocycles. The summed E-state index contributed by atoms with van der Waals surface area (Å²) in [4.78, 5) is 34.7. The van der Waals surface area contributed by atoms with Crippen LogP contribution in [-0.4, -0.2) is 53.5 Å². The number of carbonyl (C=O) groups is 2. The smallest absolute Gasteiger partial charge is 0.322 e. The Morgan fingerprint density at radius 3 is 2.73 bits per heavy atom. The monoisotopic (exact) mass is 378 g/mol. The van der Waals surface area contributed by atoms with Gasteiger partial charge in [-0.05, 0) is 32.1 Å². The number of likely N-dealkylation sites (tertiary alicyclic amines) is 1. The van der Waals surface area contributed by atoms with E-state index >= 15 is 0 Å². The highest BCUT2D eigenvalue weighted by Gasteiger charge is 2.48. The Balaban J connectivity index is 1.54. The van der Waals surface area contributed by atoms with Crippen molar-refractivity contribution in [2.24, 2.45) is 10.9 Å². The molecule has 0 aromatic carbocycles. The van der Waals surface area contributed by atoms with E-state index in [9.17, 15) is 9.59 Å². The lowest BCUT2D eigenvalue weighted by Crippen LogP contribution is -2.55. The van der Waals surface area contributed by atoms with Crippen LogP contribution in [0.1, 0.15) is 37.4 Å². The summed E-state index contributed by atoms with van der Waals surface area (Å²) in [5.41, 5.74) is 0.220. The Kier molecular flexibility index (Phi) is 5.45. The average molecular weight is 379 g/mol. The van der Waals surface area contributed by atoms with E-state index in [-0.39, 0.29) is 11.8 Å². The van der Waals surface area contributed by atoms with Crippen molar-refractivity contribution < 1.29 is 9.59 Å². The molecule has 1 unspecified atom stereocenters. The maximum absolute atomic E-state index is 12.1. The number of nitrogens with zero attached hydrogens (tertiary/aromatic N) is 3. The molecule has 2 saturated heterocycles. The minimum Gasteiger partial charge on any atom is -0.351 e. The van der Waals surface area contributed by atoms with Gasteiger partial charge in [0.15, 0.2) is 5.96 Å². The zero-order chi connectivity index (χ0) is 18.7. The van der Waals surface area contributed by atoms with Gasteiger partial charge in [0, 0.05) is 25.5 Å². The van der Waals surface area contributed by atoms with Crippen LogP contribution in [-0.2, 0) is 17.8 Å². The molecule has 26 heavy (non-hydrogen) atoms. The van der Waals surface area contributed by atoms with Gasteiger partial charge in [-0.2, -0.15) is 0 Å². The summed E-state index contributed by atoms with van der Waals surface area (Å²) in [6, 6.07) is -0.396. The van der Waals surface area contributed by atoms with Gasteiger partial charge in [0.1, 0.15) is 5.54 Å². The molecule has 3 amide bonds. The van der Waals surface area contributed by atoms with Gasteiger partial charge in [-0.3, -0.25) is 15.1 Å². The first-order valence-corrected chi connectivity index (χ1v) is 9.86. The molecule has 0 radical (unpaired) electrons. The van der Waals surface area contributed by atoms with Crippen molar-refractivity contribution in [2.75, 3.05) is 20.1 Å². The second-order valence-corrected chi connectivity index (χ2v) is 7.80. The molecule has 2 fully saturated rings. The van der Waals surface area contributed by atoms with Crippen LogP contribution in [0.3, 0.4) is 0 Å². The number of nitrogens with one attached hydrogen (secondary N) is 3. The third kappa shape index (κ3) is 3.67. The number of urea groups is 1. The summed E-state index contributed by atoms with van der Waals surface area (Å²) in [7, 11) is 1.78. The van der Waals surface area contributed by atoms with Crippen LogP contribution in [0.15, 0.2) is 10.4 Å². The second kappa shape index (κ2) is 7.61. The Labute approximate surface area is 157 Å². The topological polar surface area (TPSA) is 98.7 Å². The third-order valence-electron chi connectivity index (χ3n) is 5.22. The van der Waals surface area contributed by atoms with Gasteiger partial charge in [0.05, 0.1) is 17.2 Å². The number of hydrogen-bond acceptors (Lipinski definition) is 5. The number of hydrogen-bond donors (Lipinski definition) is 3. The van der Waals surface area contributed by atoms with E-state index < -0.39 is 11.6 Å². The number of aryl methyl sites for hydroxylation is 1. The van der Waals surface area contributed by atoms with Crippen molar-refractivity contribution in [3.8, 4) is 0 Å². The lowest BCUT2D eigenvalue weighted by atomic mass is 9.79. The Morgan fingerprint density at radius 1 is 1.46 bits per heavy atom. The number of aliphatic imine (C=N–C) groups is 1. The van der Waals surface area contributed by atoms with E-state index in [1.165, 1.54) is 0 Å². The molecule has 2 aliphatic heterocycles. The normalized spacial score (nSPS) is 24.6. The van der Waals surface area contributed by atoms with Crippen LogP contribution in [0.25, 0.3) is 0 Å². The van der Waals surface area contributed by atoms with Gasteiger partial charge in [0.2, 0.25) is 0 Å². The third-order valence-corrected chi connectivity index (χ3v) is 6.27. The van der Waals surface area contributed by atoms with Crippen molar-refractivity contribution in [2.45, 2.75) is 45.2 Å². The second-order valence-electron chi connectivity index (χ2n) is 6.86. The highest BCUT2D eigenvalue weighted by atomic mass is 32.1. The molecule has 1 aromatic rings. The largest absolute Gasteiger partial charge is 0.351 e. The first-order chi connectivity index (χ1) is 12.5. The predicted molar refractivity (Wildman–Crippen MR) is 101 cm³/mol. The van der Waals surface area contributed by atoms with Gasteiger partial charge in [-0.1, -0.05) is 6.92 Å². The summed E-state index contributed by atoms with van der Waals surface area (Å²) in [6.07, 6.45) is 2.60. The molecule has 3 rings (SSSR count). The number of aromatic nitrogens is 1. The van der Waals surface area contributed by atoms with E-state index in [1.807, 2.05) is 6.92 Å². The number of imide groups is 1. The molecule has 3 N–H and O–H groups in total. The Hall–Kier alpha value is -2.16. The number of carbonyl (C=O) groups excluding carboxylic acids is 2. The SMILES string of the molecule is CCc1nc(CNC(=NC)N2CCC(C3(C)NC(=O)NC3=O)CC2)cs1. The number of thiazole rings is 1. The van der Waals surface area contributed by atoms with Gasteiger partial charge < -0.3 is 15.5 Å². The highest BCUT2D eigenvalue weighted by Crippen LogP contribution is 2.30. The van der Waals surface area contributed by atoms with Crippen molar-refractivity contribution in [1.29, 1.82) is 0 Å². The molecule has 9 heteroatoms. The van der Waals surface area contributed by atoms with Crippen LogP contribution >= 0.6 is 11.3 Å². The van der Waals surface area contributed by atoms with E-state index in [1.54, 1.807) is 18.4 Å². The molecule has 2 aliphatic rings. The van der Waals surface area contributed by atoms with Crippen LogP contribution in [0.4, 0.5) is 4.79 Å². The van der Waals surface area contributed by atoms with Crippen LogP contribution < -0.4 is 16.0 Å². The molecule has 3 heterocycles. The zero-order valence-corrected chi connectivity index (χ0v) is 16.3. The van der Waals surface area contributed by atoms with Crippen molar-refractivity contribution in [3.05, 3.63) is 16.1 Å². The Bertz CT molecular complexity index is 710. The van der Waals surface area contributed by atoms with E-state index in [0.29, 0.717) is 6.54 Å². The van der Waals surface area contributed by atoms with Crippen molar-refractivity contribution in [3.63, 3.8) is 0 Å². The molecule has 0 bridgehead atoms. The molecule has 8 nitrogen and oxygen atoms in total. The van der Waals surface area contributed by atoms with E-state index in [4.69, 9.17) is 0 Å². The zero-order valence-electron chi connectivity index (χ0n) is 15.5. The predicted octanol–water partition coefficient (Wildman–Crippen LogP) is 1.09. The molecule has 1 atom stereocenters. The molecule has 0 spiro atoms. The lowest BCUT2D eigenvalue weighted by molar-refractivity contribution is -0.125. The standard InChI is InChI=1S/C17H26N6O2S/c1-4-13-20-12(10-26-13)9-19-15(18-3)23-7-5-11(6-8-23)17(2)14(24)21-16(25)22-17/h10-11H,4-9H2,1-3H3,(H,18,19)(H2,21,22,24,25). The summed E-state index contributed by atoms with van der Waals surface area (Å²) in [6.45, 7) is 6.15. The molecular weight excluding hydrogens is 352 g/mol. The number of rotatable bonds is 4. The molecular formula is C17H26N6O2S. The number of piperidine rings is 1. The maximum atomic E-state index is 12.1. The summed E-state index contributed by atoms with van der Waals surface area (Å²) in [5, 5.41) is 11.7.